The predicted molar refractivity (Wildman–Crippen MR) is 142 cm³/mol. The van der Waals surface area contributed by atoms with Crippen LogP contribution in [0.4, 0.5) is 0 Å². The molecule has 0 bridgehead atoms. The second-order valence-electron chi connectivity index (χ2n) is 10.7. The molecule has 4 nitrogen and oxygen atoms in total. The molecule has 0 spiro atoms. The fraction of sp³-hybridized carbons (Fsp3) is 0.600. The lowest BCUT2D eigenvalue weighted by molar-refractivity contribution is -0.0197. The Balaban J connectivity index is 2.32. The van der Waals surface area contributed by atoms with Crippen molar-refractivity contribution in [1.82, 2.24) is 4.90 Å². The van der Waals surface area contributed by atoms with Crippen LogP contribution in [-0.4, -0.2) is 43.4 Å². The number of hydrogen-bond donors (Lipinski definition) is 1. The summed E-state index contributed by atoms with van der Waals surface area (Å²) in [5.74, 6) is 2.39. The second-order valence-corrected chi connectivity index (χ2v) is 10.7. The van der Waals surface area contributed by atoms with E-state index in [-0.39, 0.29) is 17.9 Å². The first-order valence-electron chi connectivity index (χ1n) is 12.9. The van der Waals surface area contributed by atoms with Crippen LogP contribution in [0.1, 0.15) is 99.1 Å². The standard InChI is InChI=1S/C30H45NO3/c1-19(2)26-17-25(18-27(20(3)4)29(26)34-9)30(32,23(7)31-13-11-10-12-14-31)24-15-21(5)28(33-8)22(6)16-24/h15-20,23,32H,10-14H2,1-9H3. The lowest BCUT2D eigenvalue weighted by Gasteiger charge is -2.44. The largest absolute Gasteiger partial charge is 0.496 e. The summed E-state index contributed by atoms with van der Waals surface area (Å²) in [6, 6.07) is 8.52. The fourth-order valence-electron chi connectivity index (χ4n) is 5.70. The highest BCUT2D eigenvalue weighted by Crippen LogP contribution is 2.44. The van der Waals surface area contributed by atoms with Gasteiger partial charge in [-0.05, 0) is 116 Å². The molecule has 4 heteroatoms. The topological polar surface area (TPSA) is 41.9 Å². The van der Waals surface area contributed by atoms with Crippen LogP contribution in [0.2, 0.25) is 0 Å². The molecule has 1 saturated heterocycles. The van der Waals surface area contributed by atoms with Crippen molar-refractivity contribution in [3.05, 3.63) is 57.6 Å². The molecule has 1 fully saturated rings. The molecule has 34 heavy (non-hydrogen) atoms. The fourth-order valence-corrected chi connectivity index (χ4v) is 5.70. The second kappa shape index (κ2) is 10.7. The van der Waals surface area contributed by atoms with Crippen LogP contribution in [0.5, 0.6) is 11.5 Å². The van der Waals surface area contributed by atoms with Gasteiger partial charge in [-0.1, -0.05) is 34.1 Å². The zero-order valence-corrected chi connectivity index (χ0v) is 22.8. The lowest BCUT2D eigenvalue weighted by atomic mass is 9.76. The van der Waals surface area contributed by atoms with Crippen LogP contribution in [0.15, 0.2) is 24.3 Å². The summed E-state index contributed by atoms with van der Waals surface area (Å²) < 4.78 is 11.6. The number of hydrogen-bond acceptors (Lipinski definition) is 4. The quantitative estimate of drug-likeness (QED) is 0.470. The van der Waals surface area contributed by atoms with Gasteiger partial charge in [0, 0.05) is 6.04 Å². The van der Waals surface area contributed by atoms with Gasteiger partial charge < -0.3 is 14.6 Å². The number of methoxy groups -OCH3 is 2. The lowest BCUT2D eigenvalue weighted by Crippen LogP contribution is -2.51. The summed E-state index contributed by atoms with van der Waals surface area (Å²) in [6.07, 6.45) is 3.62. The summed E-state index contributed by atoms with van der Waals surface area (Å²) >= 11 is 0. The van der Waals surface area contributed by atoms with Crippen molar-refractivity contribution in [3.63, 3.8) is 0 Å². The zero-order valence-electron chi connectivity index (χ0n) is 22.8. The van der Waals surface area contributed by atoms with Gasteiger partial charge in [-0.3, -0.25) is 4.90 Å². The van der Waals surface area contributed by atoms with Crippen LogP contribution >= 0.6 is 0 Å². The molecule has 1 N–H and O–H groups in total. The molecular formula is C30H45NO3. The molecule has 0 aromatic heterocycles. The van der Waals surface area contributed by atoms with E-state index in [1.165, 1.54) is 19.3 Å². The van der Waals surface area contributed by atoms with Gasteiger partial charge in [0.15, 0.2) is 0 Å². The Labute approximate surface area is 207 Å². The first-order chi connectivity index (χ1) is 16.1. The van der Waals surface area contributed by atoms with Crippen LogP contribution in [-0.2, 0) is 5.60 Å². The molecule has 2 aromatic rings. The van der Waals surface area contributed by atoms with Gasteiger partial charge in [-0.25, -0.2) is 0 Å². The van der Waals surface area contributed by atoms with Gasteiger partial charge >= 0.3 is 0 Å². The van der Waals surface area contributed by atoms with E-state index in [1.54, 1.807) is 14.2 Å². The van der Waals surface area contributed by atoms with E-state index in [1.807, 2.05) is 0 Å². The van der Waals surface area contributed by atoms with Crippen molar-refractivity contribution >= 4 is 0 Å². The Morgan fingerprint density at radius 3 is 1.59 bits per heavy atom. The molecule has 2 atom stereocenters. The maximum Gasteiger partial charge on any atom is 0.130 e. The van der Waals surface area contributed by atoms with Crippen molar-refractivity contribution in [3.8, 4) is 11.5 Å². The van der Waals surface area contributed by atoms with Gasteiger partial charge in [-0.15, -0.1) is 0 Å². The predicted octanol–water partition coefficient (Wildman–Crippen LogP) is 6.68. The monoisotopic (exact) mass is 467 g/mol. The first kappa shape index (κ1) is 26.6. The van der Waals surface area contributed by atoms with E-state index >= 15 is 0 Å². The minimum absolute atomic E-state index is 0.0755. The Hall–Kier alpha value is -2.04. The third-order valence-electron chi connectivity index (χ3n) is 7.68. The SMILES string of the molecule is COc1c(C)cc(C(O)(c2cc(C(C)C)c(OC)c(C(C)C)c2)C(C)N2CCCCC2)cc1C. The van der Waals surface area contributed by atoms with E-state index in [4.69, 9.17) is 9.47 Å². The normalized spacial score (nSPS) is 17.6. The number of nitrogens with zero attached hydrogens (tertiary/aromatic N) is 1. The highest BCUT2D eigenvalue weighted by atomic mass is 16.5. The molecule has 1 heterocycles. The van der Waals surface area contributed by atoms with Crippen molar-refractivity contribution in [1.29, 1.82) is 0 Å². The minimum Gasteiger partial charge on any atom is -0.496 e. The van der Waals surface area contributed by atoms with Crippen molar-refractivity contribution in [2.45, 2.75) is 91.2 Å². The van der Waals surface area contributed by atoms with Crippen molar-refractivity contribution in [2.24, 2.45) is 0 Å². The van der Waals surface area contributed by atoms with Gasteiger partial charge in [0.05, 0.1) is 14.2 Å². The third kappa shape index (κ3) is 4.85. The Morgan fingerprint density at radius 2 is 1.18 bits per heavy atom. The summed E-state index contributed by atoms with van der Waals surface area (Å²) in [4.78, 5) is 2.47. The molecule has 1 aliphatic rings. The van der Waals surface area contributed by atoms with Crippen molar-refractivity contribution < 1.29 is 14.6 Å². The summed E-state index contributed by atoms with van der Waals surface area (Å²) in [7, 11) is 3.47. The van der Waals surface area contributed by atoms with Crippen LogP contribution in [0, 0.1) is 13.8 Å². The van der Waals surface area contributed by atoms with Gasteiger partial charge in [0.25, 0.3) is 0 Å². The number of ether oxygens (including phenoxy) is 2. The summed E-state index contributed by atoms with van der Waals surface area (Å²) in [5.41, 5.74) is 5.09. The van der Waals surface area contributed by atoms with E-state index in [0.29, 0.717) is 0 Å². The van der Waals surface area contributed by atoms with Crippen LogP contribution < -0.4 is 9.47 Å². The number of rotatable bonds is 8. The smallest absolute Gasteiger partial charge is 0.130 e. The number of aliphatic hydroxyl groups is 1. The van der Waals surface area contributed by atoms with Gasteiger partial charge in [0.1, 0.15) is 17.1 Å². The molecular weight excluding hydrogens is 422 g/mol. The van der Waals surface area contributed by atoms with E-state index in [2.05, 4.69) is 77.6 Å². The van der Waals surface area contributed by atoms with E-state index in [9.17, 15) is 5.11 Å². The molecule has 188 valence electrons. The number of likely N-dealkylation sites (tertiary alicyclic amines) is 1. The van der Waals surface area contributed by atoms with Gasteiger partial charge in [-0.2, -0.15) is 0 Å². The molecule has 2 unspecified atom stereocenters. The molecule has 0 aliphatic carbocycles. The summed E-state index contributed by atoms with van der Waals surface area (Å²) in [6.45, 7) is 17.1. The minimum atomic E-state index is -1.17. The molecule has 1 aliphatic heterocycles. The van der Waals surface area contributed by atoms with Crippen molar-refractivity contribution in [2.75, 3.05) is 27.3 Å². The number of benzene rings is 2. The maximum absolute atomic E-state index is 12.8. The average molecular weight is 468 g/mol. The van der Waals surface area contributed by atoms with Gasteiger partial charge in [0.2, 0.25) is 0 Å². The molecule has 2 aromatic carbocycles. The highest BCUT2D eigenvalue weighted by molar-refractivity contribution is 5.54. The number of piperidine rings is 1. The zero-order chi connectivity index (χ0) is 25.2. The molecule has 0 radical (unpaired) electrons. The van der Waals surface area contributed by atoms with E-state index < -0.39 is 5.60 Å². The van der Waals surface area contributed by atoms with Crippen LogP contribution in [0.3, 0.4) is 0 Å². The average Bonchev–Trinajstić information content (AvgIpc) is 2.82. The molecule has 0 saturated carbocycles. The number of aryl methyl sites for hydroxylation is 2. The maximum atomic E-state index is 12.8. The molecule has 0 amide bonds. The Bertz CT molecular complexity index is 939. The third-order valence-corrected chi connectivity index (χ3v) is 7.68. The Kier molecular flexibility index (Phi) is 8.36. The molecule has 3 rings (SSSR count). The van der Waals surface area contributed by atoms with Crippen LogP contribution in [0.25, 0.3) is 0 Å². The van der Waals surface area contributed by atoms with E-state index in [0.717, 1.165) is 58.0 Å². The Morgan fingerprint density at radius 1 is 0.735 bits per heavy atom. The summed E-state index contributed by atoms with van der Waals surface area (Å²) in [5, 5.41) is 12.8. The highest BCUT2D eigenvalue weighted by Gasteiger charge is 2.42. The first-order valence-corrected chi connectivity index (χ1v) is 12.9.